The Morgan fingerprint density at radius 3 is 2.81 bits per heavy atom. The van der Waals surface area contributed by atoms with Crippen molar-refractivity contribution in [3.05, 3.63) is 38.9 Å². The molecular formula is C13H16ClN3O3S. The second-order valence-electron chi connectivity index (χ2n) is 4.60. The van der Waals surface area contributed by atoms with Crippen molar-refractivity contribution >= 4 is 35.0 Å². The minimum Gasteiger partial charge on any atom is -0.351 e. The number of para-hydroxylation sites is 1. The van der Waals surface area contributed by atoms with Gasteiger partial charge < -0.3 is 5.32 Å². The van der Waals surface area contributed by atoms with Crippen LogP contribution in [0.4, 0.5) is 5.69 Å². The number of nitro groups is 1. The lowest BCUT2D eigenvalue weighted by Gasteiger charge is -2.25. The van der Waals surface area contributed by atoms with Crippen LogP contribution < -0.4 is 5.32 Å². The molecular weight excluding hydrogens is 314 g/mol. The molecule has 0 aromatic heterocycles. The Labute approximate surface area is 132 Å². The minimum absolute atomic E-state index is 0.00157. The zero-order valence-corrected chi connectivity index (χ0v) is 13.0. The van der Waals surface area contributed by atoms with Crippen LogP contribution in [0.15, 0.2) is 18.2 Å². The number of carbonyl (C=O) groups is 1. The lowest BCUT2D eigenvalue weighted by atomic mass is 10.1. The van der Waals surface area contributed by atoms with Gasteiger partial charge in [0.25, 0.3) is 5.91 Å². The van der Waals surface area contributed by atoms with Gasteiger partial charge >= 0.3 is 5.69 Å². The second-order valence-corrected chi connectivity index (χ2v) is 6.23. The van der Waals surface area contributed by atoms with Gasteiger partial charge in [-0.25, -0.2) is 0 Å². The molecule has 1 aliphatic heterocycles. The monoisotopic (exact) mass is 329 g/mol. The van der Waals surface area contributed by atoms with Gasteiger partial charge in [-0.2, -0.15) is 11.8 Å². The molecule has 114 valence electrons. The number of benzene rings is 1. The number of nitrogens with one attached hydrogen (secondary N) is 1. The molecule has 8 heteroatoms. The first-order chi connectivity index (χ1) is 10.1. The van der Waals surface area contributed by atoms with Crippen LogP contribution in [0.25, 0.3) is 0 Å². The molecule has 1 aromatic carbocycles. The van der Waals surface area contributed by atoms with Gasteiger partial charge in [-0.1, -0.05) is 17.7 Å². The number of hydrogen-bond acceptors (Lipinski definition) is 5. The molecule has 1 heterocycles. The summed E-state index contributed by atoms with van der Waals surface area (Å²) in [4.78, 5) is 24.7. The van der Waals surface area contributed by atoms with Gasteiger partial charge in [0.15, 0.2) is 0 Å². The van der Waals surface area contributed by atoms with Crippen molar-refractivity contribution in [2.24, 2.45) is 0 Å². The molecule has 1 fully saturated rings. The summed E-state index contributed by atoms with van der Waals surface area (Å²) in [5.74, 6) is 1.75. The number of nitrogens with zero attached hydrogens (tertiary/aromatic N) is 2. The first-order valence-electron chi connectivity index (χ1n) is 6.61. The van der Waals surface area contributed by atoms with Crippen molar-refractivity contribution in [3.63, 3.8) is 0 Å². The standard InChI is InChI=1S/C13H16ClN3O3S/c14-11-3-1-2-10(12(11)17(19)20)13(18)15-4-5-16-6-8-21-9-7-16/h1-3H,4-9H2,(H,15,18). The molecule has 1 aliphatic rings. The molecule has 0 atom stereocenters. The lowest BCUT2D eigenvalue weighted by Crippen LogP contribution is -2.39. The number of hydrogen-bond donors (Lipinski definition) is 1. The average molecular weight is 330 g/mol. The van der Waals surface area contributed by atoms with E-state index >= 15 is 0 Å². The van der Waals surface area contributed by atoms with E-state index in [9.17, 15) is 14.9 Å². The highest BCUT2D eigenvalue weighted by atomic mass is 35.5. The number of rotatable bonds is 5. The Morgan fingerprint density at radius 1 is 1.43 bits per heavy atom. The third kappa shape index (κ3) is 4.33. The van der Waals surface area contributed by atoms with Crippen molar-refractivity contribution in [1.29, 1.82) is 0 Å². The molecule has 1 N–H and O–H groups in total. The highest BCUT2D eigenvalue weighted by molar-refractivity contribution is 7.99. The van der Waals surface area contributed by atoms with Gasteiger partial charge in [0.1, 0.15) is 10.6 Å². The number of nitro benzene ring substituents is 1. The van der Waals surface area contributed by atoms with Crippen molar-refractivity contribution in [2.45, 2.75) is 0 Å². The molecule has 0 spiro atoms. The summed E-state index contributed by atoms with van der Waals surface area (Å²) < 4.78 is 0. The molecule has 21 heavy (non-hydrogen) atoms. The molecule has 1 amide bonds. The van der Waals surface area contributed by atoms with Crippen molar-refractivity contribution < 1.29 is 9.72 Å². The predicted octanol–water partition coefficient (Wildman–Crippen LogP) is 2.03. The first kappa shape index (κ1) is 16.1. The highest BCUT2D eigenvalue weighted by Crippen LogP contribution is 2.27. The topological polar surface area (TPSA) is 75.5 Å². The molecule has 0 bridgehead atoms. The number of carbonyl (C=O) groups excluding carboxylic acids is 1. The summed E-state index contributed by atoms with van der Waals surface area (Å²) in [5, 5.41) is 13.7. The van der Waals surface area contributed by atoms with Crippen LogP contribution in [-0.2, 0) is 0 Å². The first-order valence-corrected chi connectivity index (χ1v) is 8.14. The van der Waals surface area contributed by atoms with Crippen molar-refractivity contribution in [1.82, 2.24) is 10.2 Å². The maximum Gasteiger partial charge on any atom is 0.300 e. The van der Waals surface area contributed by atoms with Crippen LogP contribution >= 0.6 is 23.4 Å². The Morgan fingerprint density at radius 2 is 2.14 bits per heavy atom. The van der Waals surface area contributed by atoms with E-state index in [1.807, 2.05) is 11.8 Å². The number of halogens is 1. The second kappa shape index (κ2) is 7.63. The van der Waals surface area contributed by atoms with Gasteiger partial charge in [0.2, 0.25) is 0 Å². The summed E-state index contributed by atoms with van der Waals surface area (Å²) >= 11 is 7.72. The van der Waals surface area contributed by atoms with E-state index < -0.39 is 10.8 Å². The van der Waals surface area contributed by atoms with Gasteiger partial charge in [0, 0.05) is 37.7 Å². The molecule has 2 rings (SSSR count). The largest absolute Gasteiger partial charge is 0.351 e. The number of amides is 1. The predicted molar refractivity (Wildman–Crippen MR) is 84.2 cm³/mol. The van der Waals surface area contributed by atoms with E-state index in [0.29, 0.717) is 6.54 Å². The maximum atomic E-state index is 12.1. The summed E-state index contributed by atoms with van der Waals surface area (Å²) in [5.41, 5.74) is -0.340. The zero-order valence-electron chi connectivity index (χ0n) is 11.4. The molecule has 0 aliphatic carbocycles. The van der Waals surface area contributed by atoms with Crippen LogP contribution in [0.1, 0.15) is 10.4 Å². The quantitative estimate of drug-likeness (QED) is 0.660. The summed E-state index contributed by atoms with van der Waals surface area (Å²) in [6.45, 7) is 3.24. The maximum absolute atomic E-state index is 12.1. The zero-order chi connectivity index (χ0) is 15.2. The average Bonchev–Trinajstić information content (AvgIpc) is 2.47. The summed E-state index contributed by atoms with van der Waals surface area (Å²) in [7, 11) is 0. The Bertz CT molecular complexity index is 535. The molecule has 0 unspecified atom stereocenters. The fraction of sp³-hybridized carbons (Fsp3) is 0.462. The normalized spacial score (nSPS) is 15.7. The third-order valence-corrected chi connectivity index (χ3v) is 4.48. The lowest BCUT2D eigenvalue weighted by molar-refractivity contribution is -0.385. The van der Waals surface area contributed by atoms with Crippen LogP contribution in [0.2, 0.25) is 5.02 Å². The van der Waals surface area contributed by atoms with Crippen LogP contribution in [0.3, 0.4) is 0 Å². The molecule has 0 radical (unpaired) electrons. The SMILES string of the molecule is O=C(NCCN1CCSCC1)c1cccc(Cl)c1[N+](=O)[O-]. The molecule has 6 nitrogen and oxygen atoms in total. The smallest absolute Gasteiger partial charge is 0.300 e. The summed E-state index contributed by atoms with van der Waals surface area (Å²) in [6.07, 6.45) is 0. The Balaban J connectivity index is 1.94. The molecule has 1 saturated heterocycles. The Hall–Kier alpha value is -1.31. The van der Waals surface area contributed by atoms with E-state index in [4.69, 9.17) is 11.6 Å². The number of thioether (sulfide) groups is 1. The van der Waals surface area contributed by atoms with E-state index in [1.165, 1.54) is 18.2 Å². The van der Waals surface area contributed by atoms with Gasteiger partial charge in [-0.15, -0.1) is 0 Å². The van der Waals surface area contributed by atoms with E-state index in [2.05, 4.69) is 10.2 Å². The third-order valence-electron chi connectivity index (χ3n) is 3.23. The van der Waals surface area contributed by atoms with E-state index in [-0.39, 0.29) is 16.3 Å². The van der Waals surface area contributed by atoms with E-state index in [1.54, 1.807) is 0 Å². The summed E-state index contributed by atoms with van der Waals surface area (Å²) in [6, 6.07) is 4.35. The van der Waals surface area contributed by atoms with Gasteiger partial charge in [0.05, 0.1) is 4.92 Å². The molecule has 0 saturated carbocycles. The van der Waals surface area contributed by atoms with Crippen molar-refractivity contribution in [3.8, 4) is 0 Å². The molecule has 1 aromatic rings. The Kier molecular flexibility index (Phi) is 5.84. The van der Waals surface area contributed by atoms with Crippen molar-refractivity contribution in [2.75, 3.05) is 37.7 Å². The van der Waals surface area contributed by atoms with Gasteiger partial charge in [-0.05, 0) is 12.1 Å². The highest BCUT2D eigenvalue weighted by Gasteiger charge is 2.23. The van der Waals surface area contributed by atoms with Crippen LogP contribution in [0, 0.1) is 10.1 Å². The fourth-order valence-electron chi connectivity index (χ4n) is 2.13. The fourth-order valence-corrected chi connectivity index (χ4v) is 3.35. The van der Waals surface area contributed by atoms with Crippen LogP contribution in [-0.4, -0.2) is 53.4 Å². The minimum atomic E-state index is -0.626. The van der Waals surface area contributed by atoms with Crippen LogP contribution in [0.5, 0.6) is 0 Å². The van der Waals surface area contributed by atoms with Gasteiger partial charge in [-0.3, -0.25) is 19.8 Å². The van der Waals surface area contributed by atoms with E-state index in [0.717, 1.165) is 31.1 Å².